The number of aromatic carboxylic acids is 1. The van der Waals surface area contributed by atoms with Crippen LogP contribution in [0.2, 0.25) is 0 Å². The van der Waals surface area contributed by atoms with Gasteiger partial charge in [0.25, 0.3) is 0 Å². The second kappa shape index (κ2) is 11.5. The Morgan fingerprint density at radius 2 is 1.28 bits per heavy atom. The predicted octanol–water partition coefficient (Wildman–Crippen LogP) is 6.61. The van der Waals surface area contributed by atoms with E-state index in [0.717, 1.165) is 62.8 Å². The minimum Gasteiger partial charge on any atom is -0.478 e. The van der Waals surface area contributed by atoms with Crippen molar-refractivity contribution >= 4 is 17.3 Å². The van der Waals surface area contributed by atoms with E-state index < -0.39 is 5.97 Å². The summed E-state index contributed by atoms with van der Waals surface area (Å²) >= 11 is 1.70. The summed E-state index contributed by atoms with van der Waals surface area (Å²) in [5.74, 6) is 0.806. The van der Waals surface area contributed by atoms with Gasteiger partial charge in [-0.05, 0) is 95.0 Å². The second-order valence-electron chi connectivity index (χ2n) is 9.19. The molecule has 0 radical (unpaired) electrons. The highest BCUT2D eigenvalue weighted by Crippen LogP contribution is 2.27. The second-order valence-corrected chi connectivity index (χ2v) is 9.97. The van der Waals surface area contributed by atoms with E-state index >= 15 is 0 Å². The quantitative estimate of drug-likeness (QED) is 0.296. The average Bonchev–Trinajstić information content (AvgIpc) is 3.35. The summed E-state index contributed by atoms with van der Waals surface area (Å²) < 4.78 is 6.06. The van der Waals surface area contributed by atoms with Gasteiger partial charge in [-0.15, -0.1) is 0 Å². The van der Waals surface area contributed by atoms with Crippen LogP contribution >= 0.6 is 11.3 Å². The smallest absolute Gasteiger partial charge is 0.335 e. The summed E-state index contributed by atoms with van der Waals surface area (Å²) in [4.78, 5) is 16.0. The minimum atomic E-state index is -0.880. The normalized spacial score (nSPS) is 14.9. The summed E-state index contributed by atoms with van der Waals surface area (Å²) in [7, 11) is 0. The molecule has 1 aliphatic heterocycles. The highest BCUT2D eigenvalue weighted by molar-refractivity contribution is 7.08. The number of carboxylic acid groups (broad SMARTS) is 1. The van der Waals surface area contributed by atoms with Gasteiger partial charge in [0.15, 0.2) is 0 Å². The van der Waals surface area contributed by atoms with Crippen molar-refractivity contribution in [3.8, 4) is 22.6 Å². The molecule has 0 unspecified atom stereocenters. The van der Waals surface area contributed by atoms with Gasteiger partial charge in [0.2, 0.25) is 0 Å². The fourth-order valence-corrected chi connectivity index (χ4v) is 5.22. The SMILES string of the molecule is O=C(O)c1ccc(CN2CCCN(Cc3ccc(Oc4ccc(-c5ccsc5)cc4)cc3)CC2)cc1. The van der Waals surface area contributed by atoms with E-state index in [4.69, 9.17) is 9.84 Å². The Balaban J connectivity index is 1.11. The average molecular weight is 499 g/mol. The zero-order chi connectivity index (χ0) is 24.7. The fraction of sp³-hybridized carbons (Fsp3) is 0.233. The van der Waals surface area contributed by atoms with E-state index in [9.17, 15) is 4.79 Å². The summed E-state index contributed by atoms with van der Waals surface area (Å²) in [6.45, 7) is 5.92. The van der Waals surface area contributed by atoms with Crippen LogP contribution in [0.25, 0.3) is 11.1 Å². The van der Waals surface area contributed by atoms with Crippen LogP contribution in [-0.4, -0.2) is 47.1 Å². The molecule has 184 valence electrons. The fourth-order valence-electron chi connectivity index (χ4n) is 4.55. The molecule has 0 aliphatic carbocycles. The van der Waals surface area contributed by atoms with E-state index in [1.54, 1.807) is 23.5 Å². The van der Waals surface area contributed by atoms with Crippen LogP contribution in [-0.2, 0) is 13.1 Å². The highest BCUT2D eigenvalue weighted by atomic mass is 32.1. The lowest BCUT2D eigenvalue weighted by Gasteiger charge is -2.22. The van der Waals surface area contributed by atoms with E-state index in [1.807, 2.05) is 36.4 Å². The largest absolute Gasteiger partial charge is 0.478 e. The molecule has 0 saturated carbocycles. The van der Waals surface area contributed by atoms with Crippen LogP contribution < -0.4 is 4.74 Å². The van der Waals surface area contributed by atoms with Gasteiger partial charge in [-0.1, -0.05) is 36.4 Å². The van der Waals surface area contributed by atoms with E-state index in [1.165, 1.54) is 16.7 Å². The Morgan fingerprint density at radius 3 is 1.81 bits per heavy atom. The first kappa shape index (κ1) is 24.3. The van der Waals surface area contributed by atoms with Gasteiger partial charge in [-0.25, -0.2) is 4.79 Å². The number of carbonyl (C=O) groups is 1. The highest BCUT2D eigenvalue weighted by Gasteiger charge is 2.16. The molecule has 1 saturated heterocycles. The number of hydrogen-bond acceptors (Lipinski definition) is 5. The van der Waals surface area contributed by atoms with Crippen LogP contribution in [0.5, 0.6) is 11.5 Å². The van der Waals surface area contributed by atoms with Crippen LogP contribution in [0, 0.1) is 0 Å². The lowest BCUT2D eigenvalue weighted by Crippen LogP contribution is -2.30. The topological polar surface area (TPSA) is 53.0 Å². The van der Waals surface area contributed by atoms with Crippen molar-refractivity contribution in [3.05, 3.63) is 106 Å². The molecule has 1 fully saturated rings. The Morgan fingerprint density at radius 1 is 0.722 bits per heavy atom. The van der Waals surface area contributed by atoms with Crippen LogP contribution in [0.4, 0.5) is 0 Å². The number of hydrogen-bond donors (Lipinski definition) is 1. The van der Waals surface area contributed by atoms with Crippen LogP contribution in [0.15, 0.2) is 89.6 Å². The van der Waals surface area contributed by atoms with Crippen molar-refractivity contribution < 1.29 is 14.6 Å². The van der Waals surface area contributed by atoms with Gasteiger partial charge in [0.05, 0.1) is 5.56 Å². The third-order valence-corrected chi connectivity index (χ3v) is 7.25. The molecule has 1 N–H and O–H groups in total. The molecule has 2 heterocycles. The predicted molar refractivity (Wildman–Crippen MR) is 145 cm³/mol. The first-order valence-corrected chi connectivity index (χ1v) is 13.2. The van der Waals surface area contributed by atoms with E-state index in [0.29, 0.717) is 5.56 Å². The lowest BCUT2D eigenvalue weighted by atomic mass is 10.1. The maximum absolute atomic E-state index is 11.1. The van der Waals surface area contributed by atoms with Gasteiger partial charge in [0.1, 0.15) is 11.5 Å². The standard InChI is InChI=1S/C30H30N2O3S/c33-30(34)26-6-2-23(3-7-26)20-31-15-1-16-32(18-17-31)21-24-4-10-28(11-5-24)35-29-12-8-25(9-13-29)27-14-19-36-22-27/h2-14,19,22H,1,15-18,20-21H2,(H,33,34). The third kappa shape index (κ3) is 6.40. The molecule has 0 spiro atoms. The number of thiophene rings is 1. The molecule has 5 nitrogen and oxygen atoms in total. The van der Waals surface area contributed by atoms with E-state index in [2.05, 4.69) is 50.9 Å². The first-order valence-electron chi connectivity index (χ1n) is 12.3. The maximum atomic E-state index is 11.1. The zero-order valence-corrected chi connectivity index (χ0v) is 21.0. The van der Waals surface area contributed by atoms with Gasteiger partial charge in [-0.3, -0.25) is 9.80 Å². The third-order valence-electron chi connectivity index (χ3n) is 6.56. The molecule has 3 aromatic carbocycles. The van der Waals surface area contributed by atoms with Crippen molar-refractivity contribution in [1.29, 1.82) is 0 Å². The van der Waals surface area contributed by atoms with Crippen LogP contribution in [0.3, 0.4) is 0 Å². The molecule has 36 heavy (non-hydrogen) atoms. The molecule has 4 aromatic rings. The molecule has 0 bridgehead atoms. The van der Waals surface area contributed by atoms with Crippen molar-refractivity contribution in [1.82, 2.24) is 9.80 Å². The van der Waals surface area contributed by atoms with Gasteiger partial charge >= 0.3 is 5.97 Å². The Labute approximate surface area is 216 Å². The molecule has 5 rings (SSSR count). The summed E-state index contributed by atoms with van der Waals surface area (Å²) in [6, 6.07) is 26.0. The van der Waals surface area contributed by atoms with Gasteiger partial charge in [0, 0.05) is 26.2 Å². The summed E-state index contributed by atoms with van der Waals surface area (Å²) in [5.41, 5.74) is 5.22. The number of ether oxygens (including phenoxy) is 1. The summed E-state index contributed by atoms with van der Waals surface area (Å²) in [6.07, 6.45) is 1.12. The molecule has 0 amide bonds. The number of nitrogens with zero attached hydrogens (tertiary/aromatic N) is 2. The van der Waals surface area contributed by atoms with Crippen molar-refractivity contribution in [2.75, 3.05) is 26.2 Å². The van der Waals surface area contributed by atoms with Crippen molar-refractivity contribution in [2.24, 2.45) is 0 Å². The van der Waals surface area contributed by atoms with Gasteiger partial charge < -0.3 is 9.84 Å². The number of carboxylic acids is 1. The molecule has 0 atom stereocenters. The van der Waals surface area contributed by atoms with Crippen molar-refractivity contribution in [3.63, 3.8) is 0 Å². The molecular formula is C30H30N2O3S. The molecule has 6 heteroatoms. The maximum Gasteiger partial charge on any atom is 0.335 e. The van der Waals surface area contributed by atoms with Crippen molar-refractivity contribution in [2.45, 2.75) is 19.5 Å². The molecule has 1 aromatic heterocycles. The number of rotatable bonds is 8. The minimum absolute atomic E-state index is 0.337. The molecular weight excluding hydrogens is 468 g/mol. The monoisotopic (exact) mass is 498 g/mol. The zero-order valence-electron chi connectivity index (χ0n) is 20.2. The summed E-state index contributed by atoms with van der Waals surface area (Å²) in [5, 5.41) is 13.3. The Hall–Kier alpha value is -3.45. The lowest BCUT2D eigenvalue weighted by molar-refractivity contribution is 0.0697. The van der Waals surface area contributed by atoms with Crippen LogP contribution in [0.1, 0.15) is 27.9 Å². The van der Waals surface area contributed by atoms with E-state index in [-0.39, 0.29) is 0 Å². The Kier molecular flexibility index (Phi) is 7.76. The first-order chi connectivity index (χ1) is 17.6. The molecule has 1 aliphatic rings. The Bertz CT molecular complexity index is 1250. The number of benzene rings is 3. The van der Waals surface area contributed by atoms with Gasteiger partial charge in [-0.2, -0.15) is 11.3 Å².